The number of likely N-dealkylation sites (tertiary alicyclic amines) is 1. The van der Waals surface area contributed by atoms with E-state index >= 15 is 0 Å². The van der Waals surface area contributed by atoms with Gasteiger partial charge < -0.3 is 19.7 Å². The molecule has 0 aromatic heterocycles. The van der Waals surface area contributed by atoms with Crippen LogP contribution in [0.4, 0.5) is 0 Å². The Hall–Kier alpha value is -0.650. The van der Waals surface area contributed by atoms with Crippen LogP contribution in [-0.2, 0) is 14.3 Å². The van der Waals surface area contributed by atoms with Crippen molar-refractivity contribution in [3.8, 4) is 0 Å². The van der Waals surface area contributed by atoms with Crippen molar-refractivity contribution in [3.05, 3.63) is 0 Å². The van der Waals surface area contributed by atoms with Crippen LogP contribution in [0.3, 0.4) is 0 Å². The highest BCUT2D eigenvalue weighted by molar-refractivity contribution is 5.83. The number of carbonyl (C=O) groups is 1. The van der Waals surface area contributed by atoms with Gasteiger partial charge in [-0.2, -0.15) is 0 Å². The van der Waals surface area contributed by atoms with Gasteiger partial charge in [-0.25, -0.2) is 0 Å². The van der Waals surface area contributed by atoms with Gasteiger partial charge in [-0.3, -0.25) is 4.79 Å². The van der Waals surface area contributed by atoms with Crippen molar-refractivity contribution in [2.24, 2.45) is 5.41 Å². The molecule has 0 aliphatic carbocycles. The van der Waals surface area contributed by atoms with Gasteiger partial charge in [0.1, 0.15) is 12.2 Å². The van der Waals surface area contributed by atoms with Gasteiger partial charge in [0.25, 0.3) is 0 Å². The second-order valence-corrected chi connectivity index (χ2v) is 5.67. The average molecular weight is 270 g/mol. The van der Waals surface area contributed by atoms with Crippen LogP contribution in [0.2, 0.25) is 0 Å². The molecule has 110 valence electrons. The maximum atomic E-state index is 12.9. The molecule has 0 spiro atoms. The van der Waals surface area contributed by atoms with E-state index in [1.165, 1.54) is 0 Å². The normalized spacial score (nSPS) is 35.6. The third-order valence-electron chi connectivity index (χ3n) is 4.71. The van der Waals surface area contributed by atoms with E-state index in [-0.39, 0.29) is 23.5 Å². The van der Waals surface area contributed by atoms with Crippen LogP contribution in [-0.4, -0.2) is 63.4 Å². The summed E-state index contributed by atoms with van der Waals surface area (Å²) >= 11 is 0. The van der Waals surface area contributed by atoms with Crippen LogP contribution < -0.4 is 5.32 Å². The molecule has 5 heteroatoms. The molecule has 0 bridgehead atoms. The van der Waals surface area contributed by atoms with Crippen molar-refractivity contribution in [1.29, 1.82) is 0 Å². The Morgan fingerprint density at radius 3 is 2.37 bits per heavy atom. The number of ether oxygens (including phenoxy) is 2. The van der Waals surface area contributed by atoms with Crippen LogP contribution in [0.15, 0.2) is 0 Å². The Morgan fingerprint density at radius 2 is 1.95 bits per heavy atom. The third-order valence-corrected chi connectivity index (χ3v) is 4.71. The smallest absolute Gasteiger partial charge is 0.230 e. The lowest BCUT2D eigenvalue weighted by molar-refractivity contribution is -0.143. The molecule has 5 nitrogen and oxygen atoms in total. The van der Waals surface area contributed by atoms with Crippen molar-refractivity contribution in [3.63, 3.8) is 0 Å². The molecule has 2 heterocycles. The summed E-state index contributed by atoms with van der Waals surface area (Å²) in [5.74, 6) is 0.267. The Morgan fingerprint density at radius 1 is 1.32 bits per heavy atom. The van der Waals surface area contributed by atoms with Gasteiger partial charge in [-0.1, -0.05) is 6.92 Å². The fraction of sp³-hybridized carbons (Fsp3) is 0.929. The van der Waals surface area contributed by atoms with E-state index in [0.717, 1.165) is 32.4 Å². The van der Waals surface area contributed by atoms with Gasteiger partial charge in [0.15, 0.2) is 0 Å². The molecule has 3 unspecified atom stereocenters. The lowest BCUT2D eigenvalue weighted by atomic mass is 9.77. The molecule has 19 heavy (non-hydrogen) atoms. The first kappa shape index (κ1) is 14.8. The summed E-state index contributed by atoms with van der Waals surface area (Å²) in [5, 5.41) is 3.37. The summed E-state index contributed by atoms with van der Waals surface area (Å²) < 4.78 is 10.8. The van der Waals surface area contributed by atoms with E-state index in [4.69, 9.17) is 9.47 Å². The van der Waals surface area contributed by atoms with Gasteiger partial charge >= 0.3 is 0 Å². The lowest BCUT2D eigenvalue weighted by Crippen LogP contribution is -2.51. The number of hydrogen-bond donors (Lipinski definition) is 1. The molecule has 1 N–H and O–H groups in total. The minimum atomic E-state index is -0.223. The predicted molar refractivity (Wildman–Crippen MR) is 73.0 cm³/mol. The molecule has 2 rings (SSSR count). The van der Waals surface area contributed by atoms with Gasteiger partial charge in [-0.15, -0.1) is 0 Å². The molecule has 0 radical (unpaired) electrons. The standard InChI is InChI=1S/C14H26N2O3/c1-4-14(6-5-7-15-10-14)13(17)16-8-11(18-2)12(9-16)19-3/h11-12,15H,4-10H2,1-3H3. The van der Waals surface area contributed by atoms with Gasteiger partial charge in [0, 0.05) is 33.9 Å². The van der Waals surface area contributed by atoms with E-state index < -0.39 is 0 Å². The van der Waals surface area contributed by atoms with E-state index in [1.807, 2.05) is 4.90 Å². The molecule has 2 aliphatic rings. The van der Waals surface area contributed by atoms with Crippen LogP contribution in [0.5, 0.6) is 0 Å². The van der Waals surface area contributed by atoms with E-state index in [2.05, 4.69) is 12.2 Å². The minimum Gasteiger partial charge on any atom is -0.377 e. The Kier molecular flexibility index (Phi) is 4.81. The van der Waals surface area contributed by atoms with E-state index in [9.17, 15) is 4.79 Å². The fourth-order valence-corrected chi connectivity index (χ4v) is 3.30. The predicted octanol–water partition coefficient (Wildman–Crippen LogP) is 0.638. The molecular formula is C14H26N2O3. The van der Waals surface area contributed by atoms with Gasteiger partial charge in [0.2, 0.25) is 5.91 Å². The topological polar surface area (TPSA) is 50.8 Å². The largest absolute Gasteiger partial charge is 0.377 e. The zero-order valence-electron chi connectivity index (χ0n) is 12.3. The zero-order chi connectivity index (χ0) is 13.9. The molecule has 0 saturated carbocycles. The van der Waals surface area contributed by atoms with Crippen LogP contribution in [0.25, 0.3) is 0 Å². The molecule has 1 amide bonds. The van der Waals surface area contributed by atoms with Crippen molar-refractivity contribution in [2.75, 3.05) is 40.4 Å². The van der Waals surface area contributed by atoms with Crippen LogP contribution in [0, 0.1) is 5.41 Å². The molecular weight excluding hydrogens is 244 g/mol. The number of methoxy groups -OCH3 is 2. The van der Waals surface area contributed by atoms with E-state index in [1.54, 1.807) is 14.2 Å². The first-order chi connectivity index (χ1) is 9.16. The highest BCUT2D eigenvalue weighted by atomic mass is 16.5. The van der Waals surface area contributed by atoms with Gasteiger partial charge in [0.05, 0.1) is 5.41 Å². The number of nitrogens with zero attached hydrogens (tertiary/aromatic N) is 1. The number of carbonyl (C=O) groups excluding carboxylic acids is 1. The summed E-state index contributed by atoms with van der Waals surface area (Å²) in [5.41, 5.74) is -0.223. The lowest BCUT2D eigenvalue weighted by Gasteiger charge is -2.38. The van der Waals surface area contributed by atoms with Crippen molar-refractivity contribution < 1.29 is 14.3 Å². The molecule has 2 saturated heterocycles. The fourth-order valence-electron chi connectivity index (χ4n) is 3.30. The zero-order valence-corrected chi connectivity index (χ0v) is 12.3. The van der Waals surface area contributed by atoms with Gasteiger partial charge in [-0.05, 0) is 25.8 Å². The Bertz CT molecular complexity index is 304. The summed E-state index contributed by atoms with van der Waals surface area (Å²) in [6, 6.07) is 0. The van der Waals surface area contributed by atoms with Crippen LogP contribution in [0.1, 0.15) is 26.2 Å². The Labute approximate surface area is 115 Å². The molecule has 3 atom stereocenters. The number of amides is 1. The van der Waals surface area contributed by atoms with Crippen LogP contribution >= 0.6 is 0 Å². The van der Waals surface area contributed by atoms with Crippen molar-refractivity contribution in [2.45, 2.75) is 38.4 Å². The third kappa shape index (κ3) is 2.78. The summed E-state index contributed by atoms with van der Waals surface area (Å²) in [4.78, 5) is 14.8. The quantitative estimate of drug-likeness (QED) is 0.814. The number of rotatable bonds is 4. The molecule has 2 fully saturated rings. The van der Waals surface area contributed by atoms with Crippen molar-refractivity contribution >= 4 is 5.91 Å². The highest BCUT2D eigenvalue weighted by Gasteiger charge is 2.45. The van der Waals surface area contributed by atoms with Crippen molar-refractivity contribution in [1.82, 2.24) is 10.2 Å². The maximum Gasteiger partial charge on any atom is 0.230 e. The van der Waals surface area contributed by atoms with E-state index in [0.29, 0.717) is 13.1 Å². The number of piperidine rings is 1. The summed E-state index contributed by atoms with van der Waals surface area (Å²) in [6.45, 7) is 5.23. The summed E-state index contributed by atoms with van der Waals surface area (Å²) in [6.07, 6.45) is 2.96. The first-order valence-corrected chi connectivity index (χ1v) is 7.22. The molecule has 0 aromatic carbocycles. The maximum absolute atomic E-state index is 12.9. The number of nitrogens with one attached hydrogen (secondary N) is 1. The summed E-state index contributed by atoms with van der Waals surface area (Å²) in [7, 11) is 3.37. The second kappa shape index (κ2) is 6.20. The highest BCUT2D eigenvalue weighted by Crippen LogP contribution is 2.34. The Balaban J connectivity index is 2.06. The number of hydrogen-bond acceptors (Lipinski definition) is 4. The minimum absolute atomic E-state index is 0.000550. The molecule has 2 aliphatic heterocycles. The second-order valence-electron chi connectivity index (χ2n) is 5.67. The SMILES string of the molecule is CCC1(C(=O)N2CC(OC)C(OC)C2)CCCNC1. The first-order valence-electron chi connectivity index (χ1n) is 7.22. The molecule has 0 aromatic rings. The average Bonchev–Trinajstić information content (AvgIpc) is 2.90. The monoisotopic (exact) mass is 270 g/mol.